The summed E-state index contributed by atoms with van der Waals surface area (Å²) < 4.78 is 2.64. The van der Waals surface area contributed by atoms with E-state index in [0.717, 1.165) is 25.0 Å². The number of hydrogen-bond acceptors (Lipinski definition) is 2. The van der Waals surface area contributed by atoms with Gasteiger partial charge in [-0.25, -0.2) is 0 Å². The van der Waals surface area contributed by atoms with Crippen LogP contribution < -0.4 is 5.73 Å². The maximum atomic E-state index is 5.81. The number of nitrogens with zero attached hydrogens (tertiary/aromatic N) is 2. The van der Waals surface area contributed by atoms with Crippen LogP contribution in [0.25, 0.3) is 0 Å². The molecular weight excluding hydrogens is 270 g/mol. The molecule has 0 bridgehead atoms. The number of aryl methyl sites for hydroxylation is 1. The van der Waals surface area contributed by atoms with Crippen LogP contribution >= 0.6 is 0 Å². The molecule has 1 aromatic rings. The molecule has 0 amide bonds. The summed E-state index contributed by atoms with van der Waals surface area (Å²) in [7, 11) is 0. The Bertz CT molecular complexity index is 477. The van der Waals surface area contributed by atoms with E-state index in [4.69, 9.17) is 5.73 Å². The number of nitrogens with two attached hydrogens (primary N) is 1. The largest absolute Gasteiger partial charge is 0.346 e. The van der Waals surface area contributed by atoms with E-state index in [1.807, 2.05) is 0 Å². The quantitative estimate of drug-likeness (QED) is 0.918. The van der Waals surface area contributed by atoms with Crippen LogP contribution in [0.2, 0.25) is 0 Å². The third-order valence-corrected chi connectivity index (χ3v) is 5.96. The molecule has 22 heavy (non-hydrogen) atoms. The van der Waals surface area contributed by atoms with E-state index < -0.39 is 0 Å². The van der Waals surface area contributed by atoms with Crippen LogP contribution in [0.4, 0.5) is 0 Å². The first-order valence-corrected chi connectivity index (χ1v) is 9.28. The van der Waals surface area contributed by atoms with E-state index >= 15 is 0 Å². The van der Waals surface area contributed by atoms with Gasteiger partial charge in [0.15, 0.2) is 0 Å². The third kappa shape index (κ3) is 3.41. The van der Waals surface area contributed by atoms with Gasteiger partial charge >= 0.3 is 0 Å². The minimum absolute atomic E-state index is 0.755. The number of rotatable bonds is 4. The summed E-state index contributed by atoms with van der Waals surface area (Å²) >= 11 is 0. The van der Waals surface area contributed by atoms with Gasteiger partial charge in [0.2, 0.25) is 0 Å². The molecule has 3 heteroatoms. The van der Waals surface area contributed by atoms with Gasteiger partial charge in [0.25, 0.3) is 0 Å². The van der Waals surface area contributed by atoms with E-state index in [0.29, 0.717) is 0 Å². The Balaban J connectivity index is 1.67. The lowest BCUT2D eigenvalue weighted by molar-refractivity contribution is 0.180. The highest BCUT2D eigenvalue weighted by molar-refractivity contribution is 5.27. The van der Waals surface area contributed by atoms with E-state index in [-0.39, 0.29) is 0 Å². The highest BCUT2D eigenvalue weighted by Crippen LogP contribution is 2.32. The second-order valence-electron chi connectivity index (χ2n) is 7.51. The molecule has 0 spiro atoms. The zero-order valence-electron chi connectivity index (χ0n) is 14.5. The van der Waals surface area contributed by atoms with Crippen LogP contribution in [-0.2, 0) is 6.54 Å². The van der Waals surface area contributed by atoms with Crippen molar-refractivity contribution in [3.63, 3.8) is 0 Å². The van der Waals surface area contributed by atoms with Crippen molar-refractivity contribution in [2.45, 2.75) is 71.4 Å². The zero-order valence-corrected chi connectivity index (χ0v) is 14.5. The fourth-order valence-corrected chi connectivity index (χ4v) is 4.53. The Kier molecular flexibility index (Phi) is 5.25. The summed E-state index contributed by atoms with van der Waals surface area (Å²) in [5, 5.41) is 0. The smallest absolute Gasteiger partial charge is 0.0335 e. The Morgan fingerprint density at radius 2 is 1.73 bits per heavy atom. The van der Waals surface area contributed by atoms with Crippen molar-refractivity contribution in [2.75, 3.05) is 19.6 Å². The highest BCUT2D eigenvalue weighted by Gasteiger charge is 2.22. The first-order chi connectivity index (χ1) is 10.7. The normalized spacial score (nSPS) is 22.3. The second-order valence-corrected chi connectivity index (χ2v) is 7.51. The molecule has 1 aliphatic heterocycles. The predicted octanol–water partition coefficient (Wildman–Crippen LogP) is 3.78. The molecule has 1 saturated carbocycles. The van der Waals surface area contributed by atoms with Crippen molar-refractivity contribution in [1.82, 2.24) is 9.47 Å². The molecule has 3 rings (SSSR count). The summed E-state index contributed by atoms with van der Waals surface area (Å²) in [5.74, 6) is 0.755. The maximum Gasteiger partial charge on any atom is 0.0335 e. The molecule has 2 heterocycles. The summed E-state index contributed by atoms with van der Waals surface area (Å²) in [6.45, 7) is 9.06. The minimum Gasteiger partial charge on any atom is -0.346 e. The number of aromatic nitrogens is 1. The molecule has 1 aliphatic carbocycles. The van der Waals surface area contributed by atoms with Gasteiger partial charge in [-0.15, -0.1) is 0 Å². The van der Waals surface area contributed by atoms with Gasteiger partial charge in [-0.2, -0.15) is 0 Å². The maximum absolute atomic E-state index is 5.81. The lowest BCUT2D eigenvalue weighted by Crippen LogP contribution is -2.35. The SMILES string of the molecule is Cc1cc(CN2CCC(CN)CC2)c(C)n1C1CCCCC1. The molecule has 2 N–H and O–H groups in total. The van der Waals surface area contributed by atoms with Crippen LogP contribution in [0.5, 0.6) is 0 Å². The molecule has 1 saturated heterocycles. The van der Waals surface area contributed by atoms with Crippen molar-refractivity contribution in [1.29, 1.82) is 0 Å². The van der Waals surface area contributed by atoms with Gasteiger partial charge in [0, 0.05) is 24.0 Å². The molecule has 2 fully saturated rings. The van der Waals surface area contributed by atoms with Crippen molar-refractivity contribution in [3.8, 4) is 0 Å². The zero-order chi connectivity index (χ0) is 15.5. The number of likely N-dealkylation sites (tertiary alicyclic amines) is 1. The van der Waals surface area contributed by atoms with E-state index in [1.165, 1.54) is 69.4 Å². The van der Waals surface area contributed by atoms with E-state index in [2.05, 4.69) is 29.4 Å². The molecule has 124 valence electrons. The van der Waals surface area contributed by atoms with E-state index in [1.54, 1.807) is 5.56 Å². The molecule has 2 aliphatic rings. The summed E-state index contributed by atoms with van der Waals surface area (Å²) in [6, 6.07) is 3.20. The van der Waals surface area contributed by atoms with Gasteiger partial charge < -0.3 is 10.3 Å². The van der Waals surface area contributed by atoms with Crippen molar-refractivity contribution >= 4 is 0 Å². The van der Waals surface area contributed by atoms with Crippen LogP contribution in [0.1, 0.15) is 67.9 Å². The first kappa shape index (κ1) is 16.1. The van der Waals surface area contributed by atoms with Crippen LogP contribution in [0.15, 0.2) is 6.07 Å². The molecular formula is C19H33N3. The van der Waals surface area contributed by atoms with Crippen molar-refractivity contribution in [2.24, 2.45) is 11.7 Å². The second kappa shape index (κ2) is 7.18. The predicted molar refractivity (Wildman–Crippen MR) is 93.1 cm³/mol. The van der Waals surface area contributed by atoms with Crippen LogP contribution in [0, 0.1) is 19.8 Å². The average Bonchev–Trinajstić information content (AvgIpc) is 2.83. The lowest BCUT2D eigenvalue weighted by atomic mass is 9.95. The Hall–Kier alpha value is -0.800. The average molecular weight is 303 g/mol. The van der Waals surface area contributed by atoms with Crippen LogP contribution in [-0.4, -0.2) is 29.1 Å². The fourth-order valence-electron chi connectivity index (χ4n) is 4.53. The summed E-state index contributed by atoms with van der Waals surface area (Å²) in [4.78, 5) is 2.62. The third-order valence-electron chi connectivity index (χ3n) is 5.96. The summed E-state index contributed by atoms with van der Waals surface area (Å²) in [5.41, 5.74) is 10.3. The molecule has 1 aromatic heterocycles. The molecule has 3 nitrogen and oxygen atoms in total. The molecule has 0 atom stereocenters. The van der Waals surface area contributed by atoms with Gasteiger partial charge in [-0.3, -0.25) is 4.90 Å². The lowest BCUT2D eigenvalue weighted by Gasteiger charge is -2.31. The topological polar surface area (TPSA) is 34.2 Å². The molecule has 0 radical (unpaired) electrons. The van der Waals surface area contributed by atoms with Gasteiger partial charge in [0.05, 0.1) is 0 Å². The Labute approximate surface area is 135 Å². The monoisotopic (exact) mass is 303 g/mol. The standard InChI is InChI=1S/C19H33N3/c1-15-12-18(14-21-10-8-17(13-20)9-11-21)16(2)22(15)19-6-4-3-5-7-19/h12,17,19H,3-11,13-14,20H2,1-2H3. The van der Waals surface area contributed by atoms with Crippen molar-refractivity contribution < 1.29 is 0 Å². The van der Waals surface area contributed by atoms with Gasteiger partial charge in [-0.1, -0.05) is 19.3 Å². The number of hydrogen-bond donors (Lipinski definition) is 1. The highest BCUT2D eigenvalue weighted by atomic mass is 15.1. The molecule has 0 unspecified atom stereocenters. The Morgan fingerprint density at radius 3 is 2.36 bits per heavy atom. The fraction of sp³-hybridized carbons (Fsp3) is 0.789. The van der Waals surface area contributed by atoms with Gasteiger partial charge in [-0.05, 0) is 76.7 Å². The van der Waals surface area contributed by atoms with Crippen molar-refractivity contribution in [3.05, 3.63) is 23.0 Å². The van der Waals surface area contributed by atoms with Gasteiger partial charge in [0.1, 0.15) is 0 Å². The van der Waals surface area contributed by atoms with Crippen LogP contribution in [0.3, 0.4) is 0 Å². The molecule has 0 aromatic carbocycles. The van der Waals surface area contributed by atoms with E-state index in [9.17, 15) is 0 Å². The first-order valence-electron chi connectivity index (χ1n) is 9.28. The summed E-state index contributed by atoms with van der Waals surface area (Å²) in [6.07, 6.45) is 9.54. The number of piperidine rings is 1. The minimum atomic E-state index is 0.755. The Morgan fingerprint density at radius 1 is 1.05 bits per heavy atom.